The molecule has 2 heterocycles. The lowest BCUT2D eigenvalue weighted by Gasteiger charge is -2.33. The van der Waals surface area contributed by atoms with E-state index >= 15 is 0 Å². The van der Waals surface area contributed by atoms with E-state index in [4.69, 9.17) is 4.74 Å². The second-order valence-corrected chi connectivity index (χ2v) is 11.7. The van der Waals surface area contributed by atoms with Crippen molar-refractivity contribution >= 4 is 20.7 Å². The van der Waals surface area contributed by atoms with E-state index in [1.165, 1.54) is 6.07 Å². The number of ether oxygens (including phenoxy) is 1. The molecule has 0 aliphatic carbocycles. The summed E-state index contributed by atoms with van der Waals surface area (Å²) in [5.41, 5.74) is 2.77. The predicted molar refractivity (Wildman–Crippen MR) is 129 cm³/mol. The number of hydrogen-bond donors (Lipinski definition) is 2. The summed E-state index contributed by atoms with van der Waals surface area (Å²) in [6.45, 7) is 3.87. The van der Waals surface area contributed by atoms with Crippen molar-refractivity contribution < 1.29 is 27.0 Å². The van der Waals surface area contributed by atoms with Crippen LogP contribution in [0.15, 0.2) is 35.2 Å². The fraction of sp³-hybridized carbons (Fsp3) is 0.423. The SMILES string of the molecule is Cc1cc(C#N)cc2[nH]c(CC(O)CC(C)(CC(F)F)c3cc(S(C)(=O)=O)cc4c3OCC4)cc12. The Bertz CT molecular complexity index is 1430. The van der Waals surface area contributed by atoms with Crippen LogP contribution in [0.2, 0.25) is 0 Å². The lowest BCUT2D eigenvalue weighted by molar-refractivity contribution is 0.0741. The standard InChI is InChI=1S/C26H28F2N2O4S/c1-15-6-16(14-29)7-23-21(15)10-18(30-23)9-19(31)12-26(2,13-24(27)28)22-11-20(35(3,32)33)8-17-4-5-34-25(17)22/h6-8,10-11,19,24,30-31H,4-5,9,12-13H2,1-3H3. The Morgan fingerprint density at radius 1 is 1.23 bits per heavy atom. The molecule has 35 heavy (non-hydrogen) atoms. The Hall–Kier alpha value is -2.96. The third-order valence-electron chi connectivity index (χ3n) is 6.71. The van der Waals surface area contributed by atoms with Gasteiger partial charge in [0.2, 0.25) is 6.43 Å². The van der Waals surface area contributed by atoms with Crippen molar-refractivity contribution in [3.05, 3.63) is 58.3 Å². The van der Waals surface area contributed by atoms with Gasteiger partial charge in [-0.1, -0.05) is 6.92 Å². The number of sulfone groups is 1. The second-order valence-electron chi connectivity index (χ2n) is 9.71. The van der Waals surface area contributed by atoms with E-state index in [-0.39, 0.29) is 17.7 Å². The van der Waals surface area contributed by atoms with Gasteiger partial charge >= 0.3 is 0 Å². The molecule has 2 atom stereocenters. The molecule has 9 heteroatoms. The molecule has 1 aliphatic rings. The quantitative estimate of drug-likeness (QED) is 0.469. The van der Waals surface area contributed by atoms with E-state index in [0.717, 1.165) is 28.4 Å². The number of aromatic amines is 1. The Balaban J connectivity index is 1.68. The number of alkyl halides is 2. The molecule has 0 spiro atoms. The zero-order valence-corrected chi connectivity index (χ0v) is 20.7. The Morgan fingerprint density at radius 3 is 2.63 bits per heavy atom. The van der Waals surface area contributed by atoms with E-state index in [2.05, 4.69) is 11.1 Å². The Morgan fingerprint density at radius 2 is 1.97 bits per heavy atom. The number of hydrogen-bond acceptors (Lipinski definition) is 5. The van der Waals surface area contributed by atoms with Crippen molar-refractivity contribution in [3.63, 3.8) is 0 Å². The van der Waals surface area contributed by atoms with Crippen LogP contribution in [0.4, 0.5) is 8.78 Å². The maximum Gasteiger partial charge on any atom is 0.239 e. The van der Waals surface area contributed by atoms with Crippen molar-refractivity contribution in [1.82, 2.24) is 4.98 Å². The van der Waals surface area contributed by atoms with E-state index < -0.39 is 34.2 Å². The second kappa shape index (κ2) is 9.25. The van der Waals surface area contributed by atoms with Crippen LogP contribution in [-0.2, 0) is 28.1 Å². The summed E-state index contributed by atoms with van der Waals surface area (Å²) in [6, 6.07) is 10.5. The van der Waals surface area contributed by atoms with E-state index in [1.54, 1.807) is 25.1 Å². The predicted octanol–water partition coefficient (Wildman–Crippen LogP) is 4.59. The van der Waals surface area contributed by atoms with Gasteiger partial charge in [-0.25, -0.2) is 17.2 Å². The zero-order valence-electron chi connectivity index (χ0n) is 19.9. The van der Waals surface area contributed by atoms with Gasteiger partial charge in [-0.15, -0.1) is 0 Å². The summed E-state index contributed by atoms with van der Waals surface area (Å²) in [7, 11) is -3.57. The van der Waals surface area contributed by atoms with Gasteiger partial charge in [-0.05, 0) is 54.8 Å². The molecule has 0 saturated carbocycles. The van der Waals surface area contributed by atoms with Gasteiger partial charge < -0.3 is 14.8 Å². The Labute approximate surface area is 203 Å². The first-order valence-electron chi connectivity index (χ1n) is 11.4. The van der Waals surface area contributed by atoms with Crippen molar-refractivity contribution in [1.29, 1.82) is 5.26 Å². The summed E-state index contributed by atoms with van der Waals surface area (Å²) in [6.07, 6.45) is -2.44. The zero-order chi connectivity index (χ0) is 25.5. The highest BCUT2D eigenvalue weighted by molar-refractivity contribution is 7.90. The summed E-state index contributed by atoms with van der Waals surface area (Å²) < 4.78 is 57.9. The molecular weight excluding hydrogens is 474 g/mol. The van der Waals surface area contributed by atoms with Gasteiger partial charge in [0, 0.05) is 53.1 Å². The summed E-state index contributed by atoms with van der Waals surface area (Å²) in [5.74, 6) is 0.443. The molecule has 0 bridgehead atoms. The van der Waals surface area contributed by atoms with Crippen molar-refractivity contribution in [2.75, 3.05) is 12.9 Å². The third kappa shape index (κ3) is 5.19. The molecule has 4 rings (SSSR count). The highest BCUT2D eigenvalue weighted by Crippen LogP contribution is 2.45. The summed E-state index contributed by atoms with van der Waals surface area (Å²) in [5, 5.41) is 21.1. The van der Waals surface area contributed by atoms with Crippen molar-refractivity contribution in [2.24, 2.45) is 0 Å². The smallest absolute Gasteiger partial charge is 0.239 e. The first-order chi connectivity index (χ1) is 16.4. The molecule has 6 nitrogen and oxygen atoms in total. The highest BCUT2D eigenvalue weighted by atomic mass is 32.2. The van der Waals surface area contributed by atoms with Crippen LogP contribution in [-0.4, -0.2) is 43.9 Å². The minimum atomic E-state index is -3.57. The highest BCUT2D eigenvalue weighted by Gasteiger charge is 2.38. The van der Waals surface area contributed by atoms with Crippen LogP contribution in [0.1, 0.15) is 47.7 Å². The number of nitrogens with zero attached hydrogens (tertiary/aromatic N) is 1. The summed E-state index contributed by atoms with van der Waals surface area (Å²) >= 11 is 0. The van der Waals surface area contributed by atoms with E-state index in [9.17, 15) is 27.6 Å². The number of fused-ring (bicyclic) bond motifs is 2. The third-order valence-corrected chi connectivity index (χ3v) is 7.80. The van der Waals surface area contributed by atoms with Gasteiger partial charge in [0.25, 0.3) is 0 Å². The number of aliphatic hydroxyl groups is 1. The molecule has 2 unspecified atom stereocenters. The molecule has 1 aromatic heterocycles. The van der Waals surface area contributed by atoms with Crippen LogP contribution in [0.25, 0.3) is 10.9 Å². The molecule has 2 aromatic carbocycles. The number of aromatic nitrogens is 1. The molecule has 0 saturated heterocycles. The van der Waals surface area contributed by atoms with Gasteiger partial charge in [0.05, 0.1) is 29.2 Å². The number of benzene rings is 2. The van der Waals surface area contributed by atoms with Crippen LogP contribution in [0.5, 0.6) is 5.75 Å². The fourth-order valence-corrected chi connectivity index (χ4v) is 5.77. The lowest BCUT2D eigenvalue weighted by Crippen LogP contribution is -2.32. The van der Waals surface area contributed by atoms with Crippen LogP contribution >= 0.6 is 0 Å². The van der Waals surface area contributed by atoms with Crippen LogP contribution in [0, 0.1) is 18.3 Å². The molecule has 186 valence electrons. The number of rotatable bonds is 8. The maximum absolute atomic E-state index is 13.8. The van der Waals surface area contributed by atoms with Crippen LogP contribution in [0.3, 0.4) is 0 Å². The minimum absolute atomic E-state index is 0.0157. The van der Waals surface area contributed by atoms with Gasteiger partial charge in [-0.2, -0.15) is 5.26 Å². The number of aliphatic hydroxyl groups excluding tert-OH is 1. The van der Waals surface area contributed by atoms with Crippen LogP contribution < -0.4 is 4.74 Å². The molecule has 0 amide bonds. The Kier molecular flexibility index (Phi) is 6.64. The topological polar surface area (TPSA) is 103 Å². The van der Waals surface area contributed by atoms with Crippen molar-refractivity contribution in [2.45, 2.75) is 62.4 Å². The average Bonchev–Trinajstić information content (AvgIpc) is 3.37. The van der Waals surface area contributed by atoms with Gasteiger partial charge in [-0.3, -0.25) is 0 Å². The van der Waals surface area contributed by atoms with E-state index in [1.807, 2.05) is 13.0 Å². The first kappa shape index (κ1) is 25.1. The summed E-state index contributed by atoms with van der Waals surface area (Å²) in [4.78, 5) is 3.28. The average molecular weight is 503 g/mol. The minimum Gasteiger partial charge on any atom is -0.493 e. The molecular formula is C26H28F2N2O4S. The molecule has 3 aromatic rings. The number of halogens is 2. The molecule has 2 N–H and O–H groups in total. The lowest BCUT2D eigenvalue weighted by atomic mass is 9.73. The fourth-order valence-electron chi connectivity index (χ4n) is 5.08. The number of aryl methyl sites for hydroxylation is 1. The molecule has 0 radical (unpaired) electrons. The number of nitriles is 1. The normalized spacial score (nSPS) is 16.1. The molecule has 1 aliphatic heterocycles. The first-order valence-corrected chi connectivity index (χ1v) is 13.3. The number of nitrogens with one attached hydrogen (secondary N) is 1. The van der Waals surface area contributed by atoms with E-state index in [0.29, 0.717) is 35.5 Å². The molecule has 0 fully saturated rings. The largest absolute Gasteiger partial charge is 0.493 e. The number of H-pyrrole nitrogens is 1. The van der Waals surface area contributed by atoms with Crippen molar-refractivity contribution in [3.8, 4) is 11.8 Å². The van der Waals surface area contributed by atoms with Gasteiger partial charge in [0.1, 0.15) is 5.75 Å². The maximum atomic E-state index is 13.8. The van der Waals surface area contributed by atoms with Gasteiger partial charge in [0.15, 0.2) is 9.84 Å². The monoisotopic (exact) mass is 502 g/mol.